The van der Waals surface area contributed by atoms with Gasteiger partial charge in [-0.25, -0.2) is 4.68 Å². The van der Waals surface area contributed by atoms with Crippen molar-refractivity contribution in [3.8, 4) is 5.69 Å². The third kappa shape index (κ3) is 2.12. The van der Waals surface area contributed by atoms with E-state index in [1.165, 1.54) is 12.4 Å². The molecule has 7 heteroatoms. The Balaban J connectivity index is 2.30. The van der Waals surface area contributed by atoms with E-state index < -0.39 is 0 Å². The molecule has 0 aliphatic heterocycles. The zero-order valence-corrected chi connectivity index (χ0v) is 11.7. The second-order valence-electron chi connectivity index (χ2n) is 3.93. The number of para-hydroxylation sites is 1. The van der Waals surface area contributed by atoms with E-state index >= 15 is 0 Å². The van der Waals surface area contributed by atoms with Crippen LogP contribution in [0.5, 0.6) is 0 Å². The lowest BCUT2D eigenvalue weighted by Crippen LogP contribution is -2.28. The first-order valence-corrected chi connectivity index (χ1v) is 6.43. The van der Waals surface area contributed by atoms with Gasteiger partial charge in [-0.3, -0.25) is 5.21 Å². The summed E-state index contributed by atoms with van der Waals surface area (Å²) in [6.07, 6.45) is 4.55. The summed E-state index contributed by atoms with van der Waals surface area (Å²) in [4.78, 5) is 0. The minimum absolute atomic E-state index is 0.335. The van der Waals surface area contributed by atoms with Crippen LogP contribution in [0.15, 0.2) is 36.8 Å². The van der Waals surface area contributed by atoms with Gasteiger partial charge in [-0.1, -0.05) is 40.9 Å². The molecule has 0 fully saturated rings. The molecule has 19 heavy (non-hydrogen) atoms. The largest absolute Gasteiger partial charge is 0.285 e. The van der Waals surface area contributed by atoms with Gasteiger partial charge in [-0.15, -0.1) is 0 Å². The number of aromatic nitrogens is 3. The van der Waals surface area contributed by atoms with Crippen LogP contribution in [-0.2, 0) is 0 Å². The fourth-order valence-corrected chi connectivity index (χ4v) is 2.66. The van der Waals surface area contributed by atoms with E-state index in [-0.39, 0.29) is 0 Å². The summed E-state index contributed by atoms with van der Waals surface area (Å²) in [5.74, 6) is 0. The van der Waals surface area contributed by atoms with Gasteiger partial charge in [0, 0.05) is 10.9 Å². The summed E-state index contributed by atoms with van der Waals surface area (Å²) >= 11 is 18.3. The Labute approximate surface area is 123 Å². The van der Waals surface area contributed by atoms with E-state index in [9.17, 15) is 5.21 Å². The minimum atomic E-state index is 0.335. The van der Waals surface area contributed by atoms with Gasteiger partial charge in [0.15, 0.2) is 0 Å². The number of nitrogens with zero attached hydrogens (tertiary/aromatic N) is 3. The van der Waals surface area contributed by atoms with Crippen LogP contribution in [-0.4, -0.2) is 15.0 Å². The predicted molar refractivity (Wildman–Crippen MR) is 73.5 cm³/mol. The smallest absolute Gasteiger partial charge is 0.243 e. The first kappa shape index (κ1) is 12.5. The maximum atomic E-state index is 9.44. The van der Waals surface area contributed by atoms with Crippen LogP contribution in [0, 0.1) is 0 Å². The van der Waals surface area contributed by atoms with Gasteiger partial charge in [0.1, 0.15) is 16.2 Å². The number of hydrogen-bond donors (Lipinski definition) is 1. The van der Waals surface area contributed by atoms with Gasteiger partial charge in [0.25, 0.3) is 0 Å². The molecule has 2 heterocycles. The fraction of sp³-hybridized carbons (Fsp3) is 0. The topological polar surface area (TPSA) is 41.9 Å². The molecule has 0 atom stereocenters. The Morgan fingerprint density at radius 1 is 1.05 bits per heavy atom. The summed E-state index contributed by atoms with van der Waals surface area (Å²) in [5, 5.41) is 15.7. The number of fused-ring (bicyclic) bond motifs is 1. The van der Waals surface area contributed by atoms with E-state index in [2.05, 4.69) is 5.10 Å². The Morgan fingerprint density at radius 3 is 2.42 bits per heavy atom. The number of halogens is 3. The van der Waals surface area contributed by atoms with Gasteiger partial charge >= 0.3 is 0 Å². The van der Waals surface area contributed by atoms with Gasteiger partial charge in [0.05, 0.1) is 15.4 Å². The lowest BCUT2D eigenvalue weighted by atomic mass is 10.3. The summed E-state index contributed by atoms with van der Waals surface area (Å²) in [6, 6.07) is 5.21. The normalized spacial score (nSPS) is 11.1. The third-order valence-electron chi connectivity index (χ3n) is 2.65. The van der Waals surface area contributed by atoms with Crippen molar-refractivity contribution >= 4 is 45.7 Å². The molecule has 0 aliphatic carbocycles. The van der Waals surface area contributed by atoms with Crippen molar-refractivity contribution in [1.82, 2.24) is 9.78 Å². The average Bonchev–Trinajstić information content (AvgIpc) is 2.72. The Hall–Kier alpha value is -1.49. The molecule has 3 aromatic rings. The van der Waals surface area contributed by atoms with Crippen molar-refractivity contribution < 1.29 is 9.94 Å². The summed E-state index contributed by atoms with van der Waals surface area (Å²) in [7, 11) is 0. The molecule has 0 aliphatic rings. The lowest BCUT2D eigenvalue weighted by Gasteiger charge is -2.05. The van der Waals surface area contributed by atoms with Crippen LogP contribution >= 0.6 is 34.8 Å². The number of hydrogen-bond acceptors (Lipinski definition) is 2. The molecule has 0 amide bonds. The molecule has 1 aromatic carbocycles. The first-order chi connectivity index (χ1) is 9.06. The summed E-state index contributed by atoms with van der Waals surface area (Å²) < 4.78 is 2.42. The van der Waals surface area contributed by atoms with Crippen molar-refractivity contribution in [1.29, 1.82) is 0 Å². The molecule has 4 nitrogen and oxygen atoms in total. The SMILES string of the molecule is O[n+]1cc(Cl)c2nn(-c3c(Cl)cccc3Cl)cc2c1. The third-order valence-corrected chi connectivity index (χ3v) is 3.54. The van der Waals surface area contributed by atoms with Crippen LogP contribution in [0.4, 0.5) is 0 Å². The number of benzene rings is 1. The summed E-state index contributed by atoms with van der Waals surface area (Å²) in [6.45, 7) is 0. The Bertz CT molecular complexity index is 765. The standard InChI is InChI=1S/C12H7Cl3N3O/c13-8-2-1-3-9(14)12(8)18-5-7-4-17(19)6-10(15)11(7)16-18/h1-6,19H/q+1. The average molecular weight is 316 g/mol. The highest BCUT2D eigenvalue weighted by Crippen LogP contribution is 2.29. The lowest BCUT2D eigenvalue weighted by molar-refractivity contribution is -0.903. The van der Waals surface area contributed by atoms with E-state index in [1.54, 1.807) is 29.1 Å². The van der Waals surface area contributed by atoms with E-state index in [0.717, 1.165) is 4.73 Å². The molecule has 0 saturated carbocycles. The minimum Gasteiger partial charge on any atom is -0.285 e. The molecule has 2 aromatic heterocycles. The Morgan fingerprint density at radius 2 is 1.74 bits per heavy atom. The molecule has 1 N–H and O–H groups in total. The fourth-order valence-electron chi connectivity index (χ4n) is 1.85. The van der Waals surface area contributed by atoms with Crippen molar-refractivity contribution in [2.24, 2.45) is 0 Å². The second-order valence-corrected chi connectivity index (χ2v) is 5.16. The zero-order valence-electron chi connectivity index (χ0n) is 9.39. The molecule has 96 valence electrons. The van der Waals surface area contributed by atoms with Crippen LogP contribution in [0.25, 0.3) is 16.6 Å². The van der Waals surface area contributed by atoms with Gasteiger partial charge < -0.3 is 0 Å². The predicted octanol–water partition coefficient (Wildman–Crippen LogP) is 3.51. The van der Waals surface area contributed by atoms with Crippen molar-refractivity contribution in [2.75, 3.05) is 0 Å². The molecule has 0 radical (unpaired) electrons. The second kappa shape index (κ2) is 4.56. The van der Waals surface area contributed by atoms with Crippen molar-refractivity contribution in [3.63, 3.8) is 0 Å². The molecule has 0 bridgehead atoms. The van der Waals surface area contributed by atoms with Crippen LogP contribution in [0.1, 0.15) is 0 Å². The molecular weight excluding hydrogens is 309 g/mol. The highest BCUT2D eigenvalue weighted by atomic mass is 35.5. The monoisotopic (exact) mass is 314 g/mol. The van der Waals surface area contributed by atoms with Crippen molar-refractivity contribution in [2.45, 2.75) is 0 Å². The van der Waals surface area contributed by atoms with Gasteiger partial charge in [0.2, 0.25) is 12.4 Å². The van der Waals surface area contributed by atoms with E-state index in [1.807, 2.05) is 0 Å². The molecule has 3 rings (SSSR count). The van der Waals surface area contributed by atoms with Crippen molar-refractivity contribution in [3.05, 3.63) is 51.9 Å². The van der Waals surface area contributed by atoms with Crippen LogP contribution in [0.2, 0.25) is 15.1 Å². The number of rotatable bonds is 1. The maximum absolute atomic E-state index is 9.44. The number of pyridine rings is 1. The highest BCUT2D eigenvalue weighted by Gasteiger charge is 2.15. The van der Waals surface area contributed by atoms with E-state index in [4.69, 9.17) is 34.8 Å². The van der Waals surface area contributed by atoms with Gasteiger partial charge in [-0.2, -0.15) is 5.10 Å². The first-order valence-electron chi connectivity index (χ1n) is 5.30. The zero-order chi connectivity index (χ0) is 13.6. The van der Waals surface area contributed by atoms with Crippen LogP contribution < -0.4 is 4.73 Å². The molecule has 0 saturated heterocycles. The Kier molecular flexibility index (Phi) is 3.01. The highest BCUT2D eigenvalue weighted by molar-refractivity contribution is 6.37. The molecular formula is C12H7Cl3N3O+. The van der Waals surface area contributed by atoms with E-state index in [0.29, 0.717) is 31.7 Å². The van der Waals surface area contributed by atoms with Gasteiger partial charge in [-0.05, 0) is 12.1 Å². The quantitative estimate of drug-likeness (QED) is 0.551. The van der Waals surface area contributed by atoms with Crippen LogP contribution in [0.3, 0.4) is 0 Å². The molecule has 0 unspecified atom stereocenters. The summed E-state index contributed by atoms with van der Waals surface area (Å²) in [5.41, 5.74) is 1.13. The maximum Gasteiger partial charge on any atom is 0.243 e. The molecule has 0 spiro atoms.